The molecule has 3 rings (SSSR count). The minimum atomic E-state index is 0.00637. The average Bonchev–Trinajstić information content (AvgIpc) is 2.34. The number of fused-ring (bicyclic) bond motifs is 2. The Morgan fingerprint density at radius 2 is 2.12 bits per heavy atom. The molecule has 0 aromatic heterocycles. The lowest BCUT2D eigenvalue weighted by molar-refractivity contribution is 0.311. The van der Waals surface area contributed by atoms with E-state index in [4.69, 9.17) is 9.05 Å². The van der Waals surface area contributed by atoms with Gasteiger partial charge in [-0.2, -0.15) is 0 Å². The van der Waals surface area contributed by atoms with Crippen molar-refractivity contribution in [2.45, 2.75) is 13.0 Å². The van der Waals surface area contributed by atoms with E-state index in [0.717, 1.165) is 5.22 Å². The summed E-state index contributed by atoms with van der Waals surface area (Å²) in [6.45, 7) is 2.10. The highest BCUT2D eigenvalue weighted by Gasteiger charge is 2.16. The summed E-state index contributed by atoms with van der Waals surface area (Å²) < 4.78 is 11.1. The fraction of sp³-hybridized carbons (Fsp3) is 0.143. The second kappa shape index (κ2) is 4.48. The van der Waals surface area contributed by atoms with Gasteiger partial charge in [-0.15, -0.1) is 0 Å². The molecular weight excluding hydrogens is 231 g/mol. The molecule has 0 saturated heterocycles. The van der Waals surface area contributed by atoms with Crippen molar-refractivity contribution in [3.8, 4) is 0 Å². The molecule has 2 atom stereocenters. The second-order valence-electron chi connectivity index (χ2n) is 4.15. The highest BCUT2D eigenvalue weighted by Crippen LogP contribution is 2.27. The molecule has 2 unspecified atom stereocenters. The van der Waals surface area contributed by atoms with Crippen LogP contribution in [0.3, 0.4) is 0 Å². The predicted octanol–water partition coefficient (Wildman–Crippen LogP) is 2.02. The fourth-order valence-electron chi connectivity index (χ4n) is 2.08. The second-order valence-corrected chi connectivity index (χ2v) is 4.79. The van der Waals surface area contributed by atoms with Gasteiger partial charge >= 0.3 is 0 Å². The van der Waals surface area contributed by atoms with Crippen LogP contribution in [0.15, 0.2) is 48.1 Å². The molecule has 2 nitrogen and oxygen atoms in total. The zero-order valence-electron chi connectivity index (χ0n) is 9.51. The Labute approximate surface area is 102 Å². The van der Waals surface area contributed by atoms with Crippen molar-refractivity contribution >= 4 is 20.9 Å². The summed E-state index contributed by atoms with van der Waals surface area (Å²) >= 11 is 0. The van der Waals surface area contributed by atoms with E-state index in [1.54, 1.807) is 6.26 Å². The van der Waals surface area contributed by atoms with Crippen LogP contribution in [0.4, 0.5) is 0 Å². The van der Waals surface area contributed by atoms with E-state index >= 15 is 0 Å². The lowest BCUT2D eigenvalue weighted by Crippen LogP contribution is -2.31. The lowest BCUT2D eigenvalue weighted by Gasteiger charge is -2.20. The maximum Gasteiger partial charge on any atom is 0.215 e. The summed E-state index contributed by atoms with van der Waals surface area (Å²) in [5.41, 5.74) is 2.46. The molecule has 2 aliphatic rings. The van der Waals surface area contributed by atoms with Gasteiger partial charge in [0.05, 0.1) is 6.26 Å². The van der Waals surface area contributed by atoms with Crippen LogP contribution in [0.1, 0.15) is 6.92 Å². The molecule has 0 spiro atoms. The third-order valence-electron chi connectivity index (χ3n) is 2.90. The minimum absolute atomic E-state index is 0.00637. The Hall–Kier alpha value is -1.37. The molecule has 1 heterocycles. The highest BCUT2D eigenvalue weighted by atomic mass is 31.1. The van der Waals surface area contributed by atoms with Crippen molar-refractivity contribution in [1.82, 2.24) is 0 Å². The molecule has 0 bridgehead atoms. The van der Waals surface area contributed by atoms with Gasteiger partial charge in [-0.3, -0.25) is 0 Å². The molecule has 1 aliphatic carbocycles. The van der Waals surface area contributed by atoms with Crippen molar-refractivity contribution < 1.29 is 9.05 Å². The van der Waals surface area contributed by atoms with Crippen LogP contribution in [0.2, 0.25) is 0 Å². The molecule has 0 amide bonds. The Bertz CT molecular complexity index is 613. The third-order valence-corrected chi connectivity index (χ3v) is 3.47. The maximum atomic E-state index is 5.70. The van der Waals surface area contributed by atoms with Crippen LogP contribution in [-0.4, -0.2) is 6.10 Å². The Kier molecular flexibility index (Phi) is 2.84. The zero-order valence-corrected chi connectivity index (χ0v) is 10.5. The summed E-state index contributed by atoms with van der Waals surface area (Å²) in [5.74, 6) is 0. The highest BCUT2D eigenvalue weighted by molar-refractivity contribution is 7.26. The molecule has 1 aliphatic heterocycles. The first kappa shape index (κ1) is 10.8. The van der Waals surface area contributed by atoms with Gasteiger partial charge in [0.25, 0.3) is 0 Å². The van der Waals surface area contributed by atoms with Gasteiger partial charge < -0.3 is 9.05 Å². The first-order valence-electron chi connectivity index (χ1n) is 5.57. The third kappa shape index (κ3) is 2.06. The first-order valence-corrected chi connectivity index (χ1v) is 6.38. The summed E-state index contributed by atoms with van der Waals surface area (Å²) in [6, 6.07) is 8.24. The SMILES string of the molecule is CC1=C/C2=c3\ccccc3=COPOC2C=C1. The monoisotopic (exact) mass is 244 g/mol. The van der Waals surface area contributed by atoms with Crippen molar-refractivity contribution in [2.24, 2.45) is 0 Å². The van der Waals surface area contributed by atoms with Crippen LogP contribution in [0, 0.1) is 0 Å². The van der Waals surface area contributed by atoms with Crippen LogP contribution < -0.4 is 10.4 Å². The number of allylic oxidation sites excluding steroid dienone is 2. The summed E-state index contributed by atoms with van der Waals surface area (Å²) in [5, 5.41) is 2.30. The van der Waals surface area contributed by atoms with Crippen molar-refractivity contribution in [2.75, 3.05) is 0 Å². The van der Waals surface area contributed by atoms with Crippen LogP contribution >= 0.6 is 9.03 Å². The molecule has 0 N–H and O–H groups in total. The quantitative estimate of drug-likeness (QED) is 0.650. The van der Waals surface area contributed by atoms with E-state index < -0.39 is 0 Å². The standard InChI is InChI=1S/C14H13O2P/c1-10-6-7-14-13(8-10)12-5-3-2-4-11(12)9-15-17-16-14/h2-9,14,17H,1H3/b11-9?,13-12-. The summed E-state index contributed by atoms with van der Waals surface area (Å²) in [6.07, 6.45) is 8.15. The maximum absolute atomic E-state index is 5.70. The average molecular weight is 244 g/mol. The van der Waals surface area contributed by atoms with Gasteiger partial charge in [0.1, 0.15) is 6.10 Å². The molecule has 0 fully saturated rings. The number of hydrogen-bond donors (Lipinski definition) is 0. The van der Waals surface area contributed by atoms with E-state index in [0.29, 0.717) is 0 Å². The number of rotatable bonds is 0. The first-order chi connectivity index (χ1) is 8.34. The Morgan fingerprint density at radius 1 is 1.24 bits per heavy atom. The van der Waals surface area contributed by atoms with E-state index in [9.17, 15) is 0 Å². The van der Waals surface area contributed by atoms with Crippen LogP contribution in [0.5, 0.6) is 0 Å². The topological polar surface area (TPSA) is 18.5 Å². The predicted molar refractivity (Wildman–Crippen MR) is 70.7 cm³/mol. The van der Waals surface area contributed by atoms with E-state index in [-0.39, 0.29) is 15.1 Å². The summed E-state index contributed by atoms with van der Waals surface area (Å²) in [4.78, 5) is 0. The van der Waals surface area contributed by atoms with Gasteiger partial charge in [0.2, 0.25) is 9.03 Å². The molecule has 0 radical (unpaired) electrons. The van der Waals surface area contributed by atoms with Crippen molar-refractivity contribution in [1.29, 1.82) is 0 Å². The zero-order chi connectivity index (χ0) is 11.7. The molecule has 1 aromatic rings. The lowest BCUT2D eigenvalue weighted by atomic mass is 9.97. The van der Waals surface area contributed by atoms with E-state index in [1.165, 1.54) is 16.4 Å². The van der Waals surface area contributed by atoms with Gasteiger partial charge in [0.15, 0.2) is 0 Å². The molecule has 1 aromatic carbocycles. The summed E-state index contributed by atoms with van der Waals surface area (Å²) in [7, 11) is 0.0476. The van der Waals surface area contributed by atoms with Gasteiger partial charge in [0, 0.05) is 5.22 Å². The molecule has 0 saturated carbocycles. The van der Waals surface area contributed by atoms with Crippen molar-refractivity contribution in [3.63, 3.8) is 0 Å². The van der Waals surface area contributed by atoms with Crippen LogP contribution in [-0.2, 0) is 9.05 Å². The van der Waals surface area contributed by atoms with E-state index in [1.807, 2.05) is 12.1 Å². The molecule has 17 heavy (non-hydrogen) atoms. The molecule has 86 valence electrons. The fourth-order valence-corrected chi connectivity index (χ4v) is 2.62. The van der Waals surface area contributed by atoms with Crippen LogP contribution in [0.25, 0.3) is 11.8 Å². The minimum Gasteiger partial charge on any atom is -0.457 e. The Balaban J connectivity index is 2.35. The van der Waals surface area contributed by atoms with E-state index in [2.05, 4.69) is 37.3 Å². The smallest absolute Gasteiger partial charge is 0.215 e. The van der Waals surface area contributed by atoms with Gasteiger partial charge in [-0.05, 0) is 17.7 Å². The molecule has 3 heteroatoms. The van der Waals surface area contributed by atoms with Crippen molar-refractivity contribution in [3.05, 3.63) is 58.5 Å². The number of hydrogen-bond acceptors (Lipinski definition) is 2. The van der Waals surface area contributed by atoms with Gasteiger partial charge in [-0.1, -0.05) is 48.1 Å². The normalized spacial score (nSPS) is 26.9. The largest absolute Gasteiger partial charge is 0.457 e. The number of benzene rings is 1. The van der Waals surface area contributed by atoms with Gasteiger partial charge in [-0.25, -0.2) is 0 Å². The Morgan fingerprint density at radius 3 is 3.06 bits per heavy atom. The molecular formula is C14H13O2P.